The van der Waals surface area contributed by atoms with Gasteiger partial charge < -0.3 is 18.6 Å². The fourth-order valence-electron chi connectivity index (χ4n) is 1.41. The molecule has 0 amide bonds. The van der Waals surface area contributed by atoms with Crippen LogP contribution >= 0.6 is 0 Å². The van der Waals surface area contributed by atoms with Crippen LogP contribution in [0.15, 0.2) is 4.42 Å². The Labute approximate surface area is 110 Å². The van der Waals surface area contributed by atoms with Gasteiger partial charge in [0.05, 0.1) is 14.2 Å². The quantitative estimate of drug-likeness (QED) is 0.544. The van der Waals surface area contributed by atoms with E-state index in [2.05, 4.69) is 14.5 Å². The molecule has 0 aliphatic rings. The van der Waals surface area contributed by atoms with Crippen LogP contribution in [0.2, 0.25) is 0 Å². The lowest BCUT2D eigenvalue weighted by atomic mass is 10.3. The van der Waals surface area contributed by atoms with E-state index in [0.717, 1.165) is 0 Å². The molecule has 0 unspecified atom stereocenters. The number of hydrogen-bond donors (Lipinski definition) is 0. The number of nitrogens with zero attached hydrogens (tertiary/aromatic N) is 1. The van der Waals surface area contributed by atoms with E-state index in [9.17, 15) is 9.59 Å². The third-order valence-electron chi connectivity index (χ3n) is 2.30. The molecule has 1 aromatic heterocycles. The van der Waals surface area contributed by atoms with Gasteiger partial charge in [0.2, 0.25) is 11.5 Å². The molecule has 0 bridgehead atoms. The minimum Gasteiger partial charge on any atom is -0.464 e. The number of rotatable bonds is 7. The Morgan fingerprint density at radius 1 is 1.21 bits per heavy atom. The van der Waals surface area contributed by atoms with Crippen molar-refractivity contribution >= 4 is 11.9 Å². The van der Waals surface area contributed by atoms with Crippen LogP contribution < -0.4 is 0 Å². The van der Waals surface area contributed by atoms with Crippen molar-refractivity contribution in [3.05, 3.63) is 17.3 Å². The zero-order valence-electron chi connectivity index (χ0n) is 11.2. The highest BCUT2D eigenvalue weighted by molar-refractivity contribution is 5.99. The maximum Gasteiger partial charge on any atom is 0.376 e. The van der Waals surface area contributed by atoms with Crippen molar-refractivity contribution in [2.24, 2.45) is 0 Å². The minimum atomic E-state index is -0.760. The Kier molecular flexibility index (Phi) is 6.01. The number of carbonyl (C=O) groups is 2. The van der Waals surface area contributed by atoms with Gasteiger partial charge in [0.25, 0.3) is 0 Å². The summed E-state index contributed by atoms with van der Waals surface area (Å²) >= 11 is 0. The molecule has 0 aliphatic heterocycles. The van der Waals surface area contributed by atoms with E-state index < -0.39 is 11.9 Å². The summed E-state index contributed by atoms with van der Waals surface area (Å²) in [5.74, 6) is -1.45. The number of aromatic nitrogens is 1. The van der Waals surface area contributed by atoms with Gasteiger partial charge in [-0.1, -0.05) is 0 Å². The van der Waals surface area contributed by atoms with Crippen LogP contribution in [0.4, 0.5) is 0 Å². The van der Waals surface area contributed by atoms with Crippen molar-refractivity contribution in [3.63, 3.8) is 0 Å². The predicted octanol–water partition coefficient (Wildman–Crippen LogP) is 1.22. The first kappa shape index (κ1) is 15.2. The van der Waals surface area contributed by atoms with E-state index in [0.29, 0.717) is 26.1 Å². The molecule has 19 heavy (non-hydrogen) atoms. The number of hydrogen-bond acceptors (Lipinski definition) is 7. The lowest BCUT2D eigenvalue weighted by Crippen LogP contribution is -2.10. The van der Waals surface area contributed by atoms with Crippen LogP contribution in [0, 0.1) is 0 Å². The number of aryl methyl sites for hydroxylation is 1. The fraction of sp³-hybridized carbons (Fsp3) is 0.583. The number of methoxy groups -OCH3 is 2. The molecule has 106 valence electrons. The van der Waals surface area contributed by atoms with Crippen molar-refractivity contribution in [1.82, 2.24) is 4.98 Å². The highest BCUT2D eigenvalue weighted by Gasteiger charge is 2.26. The molecular weight excluding hydrogens is 254 g/mol. The molecule has 0 saturated carbocycles. The topological polar surface area (TPSA) is 87.9 Å². The first-order chi connectivity index (χ1) is 9.13. The van der Waals surface area contributed by atoms with Crippen LogP contribution in [0.5, 0.6) is 0 Å². The maximum absolute atomic E-state index is 11.5. The van der Waals surface area contributed by atoms with Crippen LogP contribution in [-0.4, -0.2) is 44.4 Å². The number of esters is 2. The van der Waals surface area contributed by atoms with Crippen molar-refractivity contribution in [2.45, 2.75) is 19.8 Å². The van der Waals surface area contributed by atoms with Crippen LogP contribution in [0.1, 0.15) is 40.3 Å². The third-order valence-corrected chi connectivity index (χ3v) is 2.30. The lowest BCUT2D eigenvalue weighted by Gasteiger charge is -1.97. The van der Waals surface area contributed by atoms with Gasteiger partial charge in [-0.25, -0.2) is 14.6 Å². The Morgan fingerprint density at radius 3 is 2.47 bits per heavy atom. The molecule has 0 radical (unpaired) electrons. The van der Waals surface area contributed by atoms with Crippen molar-refractivity contribution in [2.75, 3.05) is 27.4 Å². The highest BCUT2D eigenvalue weighted by atomic mass is 16.5. The number of carbonyl (C=O) groups excluding carboxylic acids is 2. The average Bonchev–Trinajstić information content (AvgIpc) is 2.86. The van der Waals surface area contributed by atoms with Gasteiger partial charge in [0.1, 0.15) is 0 Å². The van der Waals surface area contributed by atoms with Gasteiger partial charge in [-0.05, 0) is 13.3 Å². The third kappa shape index (κ3) is 4.06. The predicted molar refractivity (Wildman–Crippen MR) is 64.0 cm³/mol. The highest BCUT2D eigenvalue weighted by Crippen LogP contribution is 2.15. The summed E-state index contributed by atoms with van der Waals surface area (Å²) in [5.41, 5.74) is -0.166. The standard InChI is InChI=1S/C12H17NO6/c1-4-18-7-5-6-8-13-9(11(14)16-2)10(19-8)12(15)17-3/h4-7H2,1-3H3. The van der Waals surface area contributed by atoms with Gasteiger partial charge in [-0.15, -0.1) is 0 Å². The normalized spacial score (nSPS) is 10.3. The molecule has 0 fully saturated rings. The maximum atomic E-state index is 11.5. The minimum absolute atomic E-state index is 0.166. The number of oxazole rings is 1. The summed E-state index contributed by atoms with van der Waals surface area (Å²) in [4.78, 5) is 26.9. The van der Waals surface area contributed by atoms with E-state index in [1.165, 1.54) is 14.2 Å². The number of ether oxygens (including phenoxy) is 3. The van der Waals surface area contributed by atoms with Gasteiger partial charge >= 0.3 is 11.9 Å². The van der Waals surface area contributed by atoms with E-state index in [-0.39, 0.29) is 17.3 Å². The van der Waals surface area contributed by atoms with Crippen molar-refractivity contribution < 1.29 is 28.2 Å². The molecule has 0 aliphatic carbocycles. The molecule has 1 rings (SSSR count). The summed E-state index contributed by atoms with van der Waals surface area (Å²) in [6.07, 6.45) is 1.14. The molecule has 1 aromatic rings. The summed E-state index contributed by atoms with van der Waals surface area (Å²) in [6, 6.07) is 0. The Bertz CT molecular complexity index is 406. The summed E-state index contributed by atoms with van der Waals surface area (Å²) in [7, 11) is 2.40. The van der Waals surface area contributed by atoms with E-state index >= 15 is 0 Å². The van der Waals surface area contributed by atoms with E-state index in [4.69, 9.17) is 9.15 Å². The SMILES string of the molecule is CCOCCCc1nc(C(=O)OC)c(C(=O)OC)o1. The Balaban J connectivity index is 2.81. The summed E-state index contributed by atoms with van der Waals surface area (Å²) in [6.45, 7) is 3.09. The largest absolute Gasteiger partial charge is 0.464 e. The molecule has 7 heteroatoms. The smallest absolute Gasteiger partial charge is 0.376 e. The zero-order chi connectivity index (χ0) is 14.3. The van der Waals surface area contributed by atoms with Crippen molar-refractivity contribution in [3.8, 4) is 0 Å². The molecule has 0 saturated heterocycles. The van der Waals surface area contributed by atoms with Crippen LogP contribution in [-0.2, 0) is 20.6 Å². The second-order valence-electron chi connectivity index (χ2n) is 3.57. The second-order valence-corrected chi connectivity index (χ2v) is 3.57. The molecule has 0 atom stereocenters. The first-order valence-corrected chi connectivity index (χ1v) is 5.88. The molecule has 0 spiro atoms. The van der Waals surface area contributed by atoms with Crippen LogP contribution in [0.25, 0.3) is 0 Å². The molecular formula is C12H17NO6. The average molecular weight is 271 g/mol. The van der Waals surface area contributed by atoms with Gasteiger partial charge in [0, 0.05) is 19.6 Å². The monoisotopic (exact) mass is 271 g/mol. The lowest BCUT2D eigenvalue weighted by molar-refractivity contribution is 0.0525. The molecule has 1 heterocycles. The van der Waals surface area contributed by atoms with Crippen LogP contribution in [0.3, 0.4) is 0 Å². The first-order valence-electron chi connectivity index (χ1n) is 5.88. The summed E-state index contributed by atoms with van der Waals surface area (Å²) < 4.78 is 19.5. The summed E-state index contributed by atoms with van der Waals surface area (Å²) in [5, 5.41) is 0. The molecule has 7 nitrogen and oxygen atoms in total. The van der Waals surface area contributed by atoms with Crippen molar-refractivity contribution in [1.29, 1.82) is 0 Å². The van der Waals surface area contributed by atoms with Gasteiger partial charge in [0.15, 0.2) is 5.89 Å². The van der Waals surface area contributed by atoms with Gasteiger partial charge in [-0.3, -0.25) is 0 Å². The molecule has 0 N–H and O–H groups in total. The van der Waals surface area contributed by atoms with E-state index in [1.807, 2.05) is 6.92 Å². The second kappa shape index (κ2) is 7.52. The molecule has 0 aromatic carbocycles. The zero-order valence-corrected chi connectivity index (χ0v) is 11.2. The van der Waals surface area contributed by atoms with Gasteiger partial charge in [-0.2, -0.15) is 0 Å². The Morgan fingerprint density at radius 2 is 1.89 bits per heavy atom. The van der Waals surface area contributed by atoms with E-state index in [1.54, 1.807) is 0 Å². The fourth-order valence-corrected chi connectivity index (χ4v) is 1.41. The Hall–Kier alpha value is -1.89.